The molecule has 5 rings (SSSR count). The SMILES string of the molecule is CC(NC(=O)c1c(-c2ccnn2-c2ccc(C#N)cc2)n(C)n(-c2cccc(C(F)(F)F)c2)c1=O)C(=O)N1CC[N+](C)(C)CC1. The number of likely N-dealkylation sites (N-methyl/N-ethyl adjacent to an activating group) is 1. The summed E-state index contributed by atoms with van der Waals surface area (Å²) in [7, 11) is 5.59. The molecule has 2 aromatic heterocycles. The van der Waals surface area contributed by atoms with Gasteiger partial charge in [0.2, 0.25) is 5.91 Å². The number of carbonyl (C=O) groups excluding carboxylic acids is 2. The quantitative estimate of drug-likeness (QED) is 0.333. The molecule has 0 saturated carbocycles. The fourth-order valence-electron chi connectivity index (χ4n) is 5.40. The zero-order valence-corrected chi connectivity index (χ0v) is 25.2. The molecule has 234 valence electrons. The van der Waals surface area contributed by atoms with Crippen LogP contribution in [0.4, 0.5) is 13.2 Å². The van der Waals surface area contributed by atoms with Crippen LogP contribution in [0.5, 0.6) is 0 Å². The van der Waals surface area contributed by atoms with Crippen molar-refractivity contribution in [3.8, 4) is 28.8 Å². The molecule has 1 fully saturated rings. The van der Waals surface area contributed by atoms with Gasteiger partial charge in [-0.2, -0.15) is 23.5 Å². The lowest BCUT2D eigenvalue weighted by atomic mass is 10.1. The number of carbonyl (C=O) groups is 2. The third-order valence-electron chi connectivity index (χ3n) is 8.02. The zero-order chi connectivity index (χ0) is 32.7. The lowest BCUT2D eigenvalue weighted by Gasteiger charge is -2.39. The third kappa shape index (κ3) is 6.12. The third-order valence-corrected chi connectivity index (χ3v) is 8.02. The van der Waals surface area contributed by atoms with E-state index in [1.54, 1.807) is 35.2 Å². The van der Waals surface area contributed by atoms with Crippen molar-refractivity contribution >= 4 is 11.8 Å². The number of hydrogen-bond donors (Lipinski definition) is 1. The summed E-state index contributed by atoms with van der Waals surface area (Å²) in [5, 5.41) is 16.2. The highest BCUT2D eigenvalue weighted by atomic mass is 19.4. The molecule has 0 radical (unpaired) electrons. The predicted molar refractivity (Wildman–Crippen MR) is 159 cm³/mol. The Morgan fingerprint density at radius 3 is 2.33 bits per heavy atom. The molecular weight excluding hydrogens is 589 g/mol. The molecule has 4 aromatic rings. The molecule has 0 spiro atoms. The summed E-state index contributed by atoms with van der Waals surface area (Å²) in [6.07, 6.45) is -3.22. The van der Waals surface area contributed by atoms with Crippen LogP contribution in [0.25, 0.3) is 22.8 Å². The number of nitriles is 1. The predicted octanol–water partition coefficient (Wildman–Crippen LogP) is 2.96. The number of nitrogens with one attached hydrogen (secondary N) is 1. The fourth-order valence-corrected chi connectivity index (χ4v) is 5.40. The van der Waals surface area contributed by atoms with Gasteiger partial charge in [0.1, 0.15) is 17.3 Å². The molecule has 11 nitrogen and oxygen atoms in total. The molecule has 14 heteroatoms. The van der Waals surface area contributed by atoms with E-state index >= 15 is 0 Å². The maximum Gasteiger partial charge on any atom is 0.416 e. The molecule has 1 saturated heterocycles. The number of nitrogens with zero attached hydrogens (tertiary/aromatic N) is 7. The highest BCUT2D eigenvalue weighted by Gasteiger charge is 2.34. The number of quaternary nitrogens is 1. The Hall–Kier alpha value is -5.16. The first kappa shape index (κ1) is 31.3. The Labute approximate surface area is 256 Å². The second-order valence-corrected chi connectivity index (χ2v) is 11.6. The van der Waals surface area contributed by atoms with Crippen LogP contribution in [-0.2, 0) is 18.0 Å². The Morgan fingerprint density at radius 1 is 1.04 bits per heavy atom. The molecule has 45 heavy (non-hydrogen) atoms. The molecule has 1 unspecified atom stereocenters. The van der Waals surface area contributed by atoms with Gasteiger partial charge in [0.15, 0.2) is 0 Å². The summed E-state index contributed by atoms with van der Waals surface area (Å²) in [6, 6.07) is 13.3. The molecule has 1 aliphatic heterocycles. The molecule has 3 heterocycles. The maximum atomic E-state index is 14.0. The van der Waals surface area contributed by atoms with E-state index in [0.29, 0.717) is 24.3 Å². The van der Waals surface area contributed by atoms with Crippen LogP contribution in [0.3, 0.4) is 0 Å². The molecular formula is C31H32F3N8O3+. The van der Waals surface area contributed by atoms with Gasteiger partial charge in [-0.1, -0.05) is 6.07 Å². The second-order valence-electron chi connectivity index (χ2n) is 11.6. The maximum absolute atomic E-state index is 14.0. The molecule has 0 bridgehead atoms. The smallest absolute Gasteiger partial charge is 0.340 e. The summed E-state index contributed by atoms with van der Waals surface area (Å²) in [5.74, 6) is -1.17. The van der Waals surface area contributed by atoms with E-state index in [9.17, 15) is 32.8 Å². The molecule has 2 amide bonds. The topological polar surface area (TPSA) is 118 Å². The lowest BCUT2D eigenvalue weighted by Crippen LogP contribution is -2.59. The van der Waals surface area contributed by atoms with Gasteiger partial charge in [-0.05, 0) is 55.5 Å². The van der Waals surface area contributed by atoms with E-state index in [1.165, 1.54) is 41.7 Å². The lowest BCUT2D eigenvalue weighted by molar-refractivity contribution is -0.894. The average Bonchev–Trinajstić information content (AvgIpc) is 3.58. The largest absolute Gasteiger partial charge is 0.416 e. The number of rotatable bonds is 6. The Bertz CT molecular complexity index is 1850. The number of alkyl halides is 3. The first-order valence-corrected chi connectivity index (χ1v) is 14.2. The van der Waals surface area contributed by atoms with Crippen LogP contribution in [0.15, 0.2) is 65.6 Å². The summed E-state index contributed by atoms with van der Waals surface area (Å²) in [4.78, 5) is 42.8. The Kier molecular flexibility index (Phi) is 8.15. The van der Waals surface area contributed by atoms with E-state index in [1.807, 2.05) is 6.07 Å². The van der Waals surface area contributed by atoms with Crippen molar-refractivity contribution in [1.82, 2.24) is 29.4 Å². The highest BCUT2D eigenvalue weighted by molar-refractivity contribution is 6.02. The first-order chi connectivity index (χ1) is 21.2. The van der Waals surface area contributed by atoms with Crippen LogP contribution in [0, 0.1) is 11.3 Å². The fraction of sp³-hybridized carbons (Fsp3) is 0.323. The number of benzene rings is 2. The normalized spacial score (nSPS) is 15.4. The van der Waals surface area contributed by atoms with Crippen LogP contribution in [0.1, 0.15) is 28.4 Å². The number of aromatic nitrogens is 4. The van der Waals surface area contributed by atoms with Crippen LogP contribution in [-0.4, -0.2) is 86.7 Å². The van der Waals surface area contributed by atoms with Crippen molar-refractivity contribution < 1.29 is 27.2 Å². The van der Waals surface area contributed by atoms with Gasteiger partial charge in [-0.3, -0.25) is 19.1 Å². The summed E-state index contributed by atoms with van der Waals surface area (Å²) in [5.41, 5.74) is -1.07. The van der Waals surface area contributed by atoms with Gasteiger partial charge in [0.25, 0.3) is 11.5 Å². The summed E-state index contributed by atoms with van der Waals surface area (Å²) in [6.45, 7) is 4.04. The molecule has 1 N–H and O–H groups in total. The van der Waals surface area contributed by atoms with E-state index < -0.39 is 29.2 Å². The van der Waals surface area contributed by atoms with Gasteiger partial charge in [-0.15, -0.1) is 0 Å². The number of halogens is 3. The number of amides is 2. The van der Waals surface area contributed by atoms with Crippen LogP contribution < -0.4 is 10.9 Å². The van der Waals surface area contributed by atoms with E-state index in [-0.39, 0.29) is 28.5 Å². The van der Waals surface area contributed by atoms with E-state index in [0.717, 1.165) is 34.4 Å². The van der Waals surface area contributed by atoms with Gasteiger partial charge in [0.05, 0.1) is 80.7 Å². The van der Waals surface area contributed by atoms with Crippen molar-refractivity contribution in [3.63, 3.8) is 0 Å². The Morgan fingerprint density at radius 2 is 1.71 bits per heavy atom. The molecule has 1 atom stereocenters. The van der Waals surface area contributed by atoms with Crippen molar-refractivity contribution in [2.24, 2.45) is 7.05 Å². The highest BCUT2D eigenvalue weighted by Crippen LogP contribution is 2.31. The van der Waals surface area contributed by atoms with Crippen molar-refractivity contribution in [2.45, 2.75) is 19.1 Å². The summed E-state index contributed by atoms with van der Waals surface area (Å²) < 4.78 is 45.3. The first-order valence-electron chi connectivity index (χ1n) is 14.2. The van der Waals surface area contributed by atoms with Crippen molar-refractivity contribution in [1.29, 1.82) is 5.26 Å². The van der Waals surface area contributed by atoms with Crippen LogP contribution >= 0.6 is 0 Å². The standard InChI is InChI=1S/C31H31F3N8O3/c1-20(29(44)39-14-16-42(3,4)17-15-39)37-28(43)26-27(25-12-13-36-40(25)23-10-8-21(19-35)9-11-23)38(2)41(30(26)45)24-7-5-6-22(18-24)31(32,33)34/h5-13,18,20H,14-17H2,1-4H3/p+1. The number of piperazine rings is 1. The van der Waals surface area contributed by atoms with Crippen molar-refractivity contribution in [3.05, 3.63) is 87.8 Å². The van der Waals surface area contributed by atoms with Crippen molar-refractivity contribution in [2.75, 3.05) is 40.3 Å². The van der Waals surface area contributed by atoms with Crippen LogP contribution in [0.2, 0.25) is 0 Å². The monoisotopic (exact) mass is 621 g/mol. The van der Waals surface area contributed by atoms with E-state index in [4.69, 9.17) is 0 Å². The minimum absolute atomic E-state index is 0.0634. The van der Waals surface area contributed by atoms with E-state index in [2.05, 4.69) is 24.5 Å². The minimum atomic E-state index is -4.67. The molecule has 0 aliphatic carbocycles. The molecule has 2 aromatic carbocycles. The Balaban J connectivity index is 1.60. The van der Waals surface area contributed by atoms with Gasteiger partial charge in [-0.25, -0.2) is 9.36 Å². The zero-order valence-electron chi connectivity index (χ0n) is 25.2. The minimum Gasteiger partial charge on any atom is -0.340 e. The average molecular weight is 622 g/mol. The molecule has 1 aliphatic rings. The van der Waals surface area contributed by atoms with Gasteiger partial charge < -0.3 is 14.7 Å². The summed E-state index contributed by atoms with van der Waals surface area (Å²) >= 11 is 0. The van der Waals surface area contributed by atoms with Gasteiger partial charge in [0, 0.05) is 7.05 Å². The number of hydrogen-bond acceptors (Lipinski definition) is 5. The van der Waals surface area contributed by atoms with Gasteiger partial charge >= 0.3 is 6.18 Å². The second kappa shape index (κ2) is 11.7.